The van der Waals surface area contributed by atoms with Crippen LogP contribution < -0.4 is 0 Å². The Hall–Kier alpha value is -1.28. The van der Waals surface area contributed by atoms with Crippen LogP contribution in [0.15, 0.2) is 24.8 Å². The average molecular weight is 183 g/mol. The van der Waals surface area contributed by atoms with Gasteiger partial charge >= 0.3 is 5.97 Å². The maximum absolute atomic E-state index is 10.6. The fourth-order valence-electron chi connectivity index (χ4n) is 0.897. The predicted molar refractivity (Wildman–Crippen MR) is 48.5 cm³/mol. The highest BCUT2D eigenvalue weighted by Gasteiger charge is 2.06. The van der Waals surface area contributed by atoms with Gasteiger partial charge in [-0.3, -0.25) is 0 Å². The van der Waals surface area contributed by atoms with Crippen molar-refractivity contribution in [3.63, 3.8) is 0 Å². The van der Waals surface area contributed by atoms with Crippen LogP contribution in [-0.2, 0) is 0 Å². The fourth-order valence-corrected chi connectivity index (χ4v) is 1.08. The number of rotatable bonds is 2. The van der Waals surface area contributed by atoms with E-state index in [1.807, 2.05) is 0 Å². The topological polar surface area (TPSA) is 37.3 Å². The number of benzene rings is 1. The van der Waals surface area contributed by atoms with Gasteiger partial charge in [0.15, 0.2) is 0 Å². The van der Waals surface area contributed by atoms with Crippen molar-refractivity contribution in [3.8, 4) is 0 Å². The third kappa shape index (κ3) is 1.66. The normalized spacial score (nSPS) is 9.42. The smallest absolute Gasteiger partial charge is 0.336 e. The van der Waals surface area contributed by atoms with Crippen molar-refractivity contribution in [1.29, 1.82) is 0 Å². The average Bonchev–Trinajstić information content (AvgIpc) is 2.03. The van der Waals surface area contributed by atoms with Crippen LogP contribution in [0.25, 0.3) is 6.08 Å². The number of aromatic carboxylic acids is 1. The van der Waals surface area contributed by atoms with E-state index in [-0.39, 0.29) is 5.56 Å². The summed E-state index contributed by atoms with van der Waals surface area (Å²) in [5.41, 5.74) is 0.754. The van der Waals surface area contributed by atoms with Gasteiger partial charge in [-0.2, -0.15) is 0 Å². The molecule has 3 heteroatoms. The Morgan fingerprint density at radius 3 is 2.75 bits per heavy atom. The molecule has 0 unspecified atom stereocenters. The molecule has 0 amide bonds. The second-order valence-corrected chi connectivity index (χ2v) is 2.68. The van der Waals surface area contributed by atoms with E-state index in [1.54, 1.807) is 6.07 Å². The molecule has 0 saturated carbocycles. The Kier molecular flexibility index (Phi) is 2.51. The molecule has 0 spiro atoms. The van der Waals surface area contributed by atoms with Gasteiger partial charge < -0.3 is 5.11 Å². The van der Waals surface area contributed by atoms with Crippen molar-refractivity contribution in [2.75, 3.05) is 0 Å². The molecule has 12 heavy (non-hydrogen) atoms. The van der Waals surface area contributed by atoms with E-state index in [1.165, 1.54) is 18.2 Å². The monoisotopic (exact) mass is 182 g/mol. The molecule has 0 aliphatic carbocycles. The summed E-state index contributed by atoms with van der Waals surface area (Å²) in [5, 5.41) is 9.21. The van der Waals surface area contributed by atoms with Gasteiger partial charge in [-0.25, -0.2) is 4.79 Å². The van der Waals surface area contributed by atoms with Crippen LogP contribution in [0.1, 0.15) is 15.9 Å². The van der Waals surface area contributed by atoms with Crippen molar-refractivity contribution >= 4 is 23.6 Å². The summed E-state index contributed by atoms with van der Waals surface area (Å²) in [6, 6.07) is 4.57. The second-order valence-electron chi connectivity index (χ2n) is 2.24. The largest absolute Gasteiger partial charge is 0.478 e. The lowest BCUT2D eigenvalue weighted by atomic mass is 10.1. The molecule has 2 nitrogen and oxygen atoms in total. The SMILES string of the molecule is C=Cc1cc(Cl)ccc1C(=O)O. The van der Waals surface area contributed by atoms with E-state index < -0.39 is 5.97 Å². The van der Waals surface area contributed by atoms with E-state index in [0.29, 0.717) is 10.6 Å². The molecule has 0 atom stereocenters. The molecule has 0 bridgehead atoms. The lowest BCUT2D eigenvalue weighted by Crippen LogP contribution is -1.98. The second kappa shape index (κ2) is 3.41. The lowest BCUT2D eigenvalue weighted by Gasteiger charge is -2.00. The molecule has 0 fully saturated rings. The Labute approximate surface area is 75.1 Å². The molecule has 0 aliphatic heterocycles. The fraction of sp³-hybridized carbons (Fsp3) is 0. The van der Waals surface area contributed by atoms with Crippen molar-refractivity contribution in [2.24, 2.45) is 0 Å². The van der Waals surface area contributed by atoms with Gasteiger partial charge in [0.05, 0.1) is 5.56 Å². The third-order valence-electron chi connectivity index (χ3n) is 1.46. The highest BCUT2D eigenvalue weighted by Crippen LogP contribution is 2.16. The molecule has 1 rings (SSSR count). The van der Waals surface area contributed by atoms with Crippen LogP contribution in [0.2, 0.25) is 5.02 Å². The zero-order valence-corrected chi connectivity index (χ0v) is 7.01. The summed E-state index contributed by atoms with van der Waals surface area (Å²) < 4.78 is 0. The van der Waals surface area contributed by atoms with Crippen molar-refractivity contribution in [3.05, 3.63) is 40.9 Å². The first-order valence-corrected chi connectivity index (χ1v) is 3.68. The van der Waals surface area contributed by atoms with Crippen LogP contribution in [-0.4, -0.2) is 11.1 Å². The molecule has 1 aromatic carbocycles. The Morgan fingerprint density at radius 2 is 2.25 bits per heavy atom. The molecule has 62 valence electrons. The van der Waals surface area contributed by atoms with Crippen molar-refractivity contribution in [1.82, 2.24) is 0 Å². The van der Waals surface area contributed by atoms with Gasteiger partial charge in [0, 0.05) is 5.02 Å². The van der Waals surface area contributed by atoms with E-state index in [2.05, 4.69) is 6.58 Å². The van der Waals surface area contributed by atoms with Crippen molar-refractivity contribution < 1.29 is 9.90 Å². The zero-order valence-electron chi connectivity index (χ0n) is 6.25. The zero-order chi connectivity index (χ0) is 9.14. The Morgan fingerprint density at radius 1 is 1.58 bits per heavy atom. The van der Waals surface area contributed by atoms with Crippen LogP contribution in [0.4, 0.5) is 0 Å². The third-order valence-corrected chi connectivity index (χ3v) is 1.70. The van der Waals surface area contributed by atoms with Gasteiger partial charge in [0.25, 0.3) is 0 Å². The summed E-state index contributed by atoms with van der Waals surface area (Å²) in [7, 11) is 0. The van der Waals surface area contributed by atoms with E-state index in [0.717, 1.165) is 0 Å². The lowest BCUT2D eigenvalue weighted by molar-refractivity contribution is 0.0696. The molecular formula is C9H7ClO2. The number of hydrogen-bond donors (Lipinski definition) is 1. The summed E-state index contributed by atoms with van der Waals surface area (Å²) in [5.74, 6) is -0.971. The Bertz CT molecular complexity index is 331. The summed E-state index contributed by atoms with van der Waals surface area (Å²) in [4.78, 5) is 10.6. The van der Waals surface area contributed by atoms with Gasteiger partial charge in [-0.05, 0) is 23.8 Å². The van der Waals surface area contributed by atoms with Gasteiger partial charge in [0.1, 0.15) is 0 Å². The number of carboxylic acid groups (broad SMARTS) is 1. The van der Waals surface area contributed by atoms with Crippen LogP contribution >= 0.6 is 11.6 Å². The molecule has 0 heterocycles. The van der Waals surface area contributed by atoms with E-state index in [9.17, 15) is 4.79 Å². The van der Waals surface area contributed by atoms with E-state index >= 15 is 0 Å². The maximum Gasteiger partial charge on any atom is 0.336 e. The molecule has 0 aliphatic rings. The maximum atomic E-state index is 10.6. The van der Waals surface area contributed by atoms with Gasteiger partial charge in [-0.1, -0.05) is 24.3 Å². The van der Waals surface area contributed by atoms with Gasteiger partial charge in [-0.15, -0.1) is 0 Å². The first-order valence-electron chi connectivity index (χ1n) is 3.30. The molecular weight excluding hydrogens is 176 g/mol. The summed E-state index contributed by atoms with van der Waals surface area (Å²) in [6.45, 7) is 3.49. The number of carbonyl (C=O) groups is 1. The van der Waals surface area contributed by atoms with Crippen LogP contribution in [0, 0.1) is 0 Å². The first-order chi connectivity index (χ1) is 5.65. The van der Waals surface area contributed by atoms with E-state index in [4.69, 9.17) is 16.7 Å². The number of carboxylic acids is 1. The minimum atomic E-state index is -0.971. The molecule has 0 radical (unpaired) electrons. The highest BCUT2D eigenvalue weighted by atomic mass is 35.5. The molecule has 0 aromatic heterocycles. The number of halogens is 1. The molecule has 1 aromatic rings. The molecule has 1 N–H and O–H groups in total. The summed E-state index contributed by atoms with van der Waals surface area (Å²) in [6.07, 6.45) is 1.47. The van der Waals surface area contributed by atoms with Crippen LogP contribution in [0.5, 0.6) is 0 Å². The van der Waals surface area contributed by atoms with Gasteiger partial charge in [0.2, 0.25) is 0 Å². The highest BCUT2D eigenvalue weighted by molar-refractivity contribution is 6.30. The molecule has 0 saturated heterocycles. The van der Waals surface area contributed by atoms with Crippen LogP contribution in [0.3, 0.4) is 0 Å². The predicted octanol–water partition coefficient (Wildman–Crippen LogP) is 2.68. The quantitative estimate of drug-likeness (QED) is 0.764. The Balaban J connectivity index is 3.29. The minimum absolute atomic E-state index is 0.217. The first kappa shape index (κ1) is 8.81. The summed E-state index contributed by atoms with van der Waals surface area (Å²) >= 11 is 5.66. The number of hydrogen-bond acceptors (Lipinski definition) is 1. The standard InChI is InChI=1S/C9H7ClO2/c1-2-6-5-7(10)3-4-8(6)9(11)12/h2-5H,1H2,(H,11,12). The van der Waals surface area contributed by atoms with Crippen molar-refractivity contribution in [2.45, 2.75) is 0 Å². The minimum Gasteiger partial charge on any atom is -0.478 e.